The van der Waals surface area contributed by atoms with Crippen LogP contribution in [0.3, 0.4) is 0 Å². The summed E-state index contributed by atoms with van der Waals surface area (Å²) in [4.78, 5) is 0. The van der Waals surface area contributed by atoms with E-state index in [-0.39, 0.29) is 0 Å². The molecule has 0 fully saturated rings. The van der Waals surface area contributed by atoms with Gasteiger partial charge in [-0.15, -0.1) is 11.6 Å². The van der Waals surface area contributed by atoms with Gasteiger partial charge in [-0.3, -0.25) is 0 Å². The molecular weight excluding hydrogens is 192 g/mol. The Morgan fingerprint density at radius 2 is 1.86 bits per heavy atom. The molecule has 0 nitrogen and oxygen atoms in total. The van der Waals surface area contributed by atoms with Crippen molar-refractivity contribution in [2.45, 2.75) is 26.2 Å². The quantitative estimate of drug-likeness (QED) is 0.497. The molecule has 0 radical (unpaired) electrons. The average Bonchev–Trinajstić information content (AvgIpc) is 2.28. The van der Waals surface area contributed by atoms with E-state index in [2.05, 4.69) is 13.5 Å². The van der Waals surface area contributed by atoms with E-state index in [1.165, 1.54) is 24.8 Å². The lowest BCUT2D eigenvalue weighted by atomic mass is 10.2. The Morgan fingerprint density at radius 1 is 1.21 bits per heavy atom. The molecule has 0 saturated carbocycles. The summed E-state index contributed by atoms with van der Waals surface area (Å²) in [5, 5.41) is 0. The van der Waals surface area contributed by atoms with Gasteiger partial charge in [-0.2, -0.15) is 0 Å². The molecular formula is C13H19Cl. The van der Waals surface area contributed by atoms with Crippen LogP contribution in [-0.2, 0) is 0 Å². The lowest BCUT2D eigenvalue weighted by Crippen LogP contribution is -1.70. The minimum absolute atomic E-state index is 0.827. The van der Waals surface area contributed by atoms with Gasteiger partial charge in [-0.1, -0.05) is 62.8 Å². The third kappa shape index (κ3) is 7.88. The lowest BCUT2D eigenvalue weighted by Gasteiger charge is -1.85. The summed E-state index contributed by atoms with van der Waals surface area (Å²) in [6.07, 6.45) is 5.56. The Bertz CT molecular complexity index is 212. The number of benzene rings is 1. The van der Waals surface area contributed by atoms with Crippen molar-refractivity contribution >= 4 is 17.7 Å². The van der Waals surface area contributed by atoms with Crippen molar-refractivity contribution in [1.29, 1.82) is 0 Å². The molecule has 0 heterocycles. The second kappa shape index (κ2) is 10.3. The third-order valence-corrected chi connectivity index (χ3v) is 2.04. The molecule has 0 spiro atoms. The first-order valence-corrected chi connectivity index (χ1v) is 5.62. The van der Waals surface area contributed by atoms with Crippen molar-refractivity contribution in [3.8, 4) is 0 Å². The van der Waals surface area contributed by atoms with Crippen LogP contribution in [0.5, 0.6) is 0 Å². The Labute approximate surface area is 92.6 Å². The van der Waals surface area contributed by atoms with Gasteiger partial charge in [0.1, 0.15) is 0 Å². The number of halogens is 1. The minimum atomic E-state index is 0.827. The van der Waals surface area contributed by atoms with E-state index in [4.69, 9.17) is 11.6 Å². The van der Waals surface area contributed by atoms with Crippen molar-refractivity contribution in [3.05, 3.63) is 42.5 Å². The SMILES string of the molecule is C=Cc1ccccc1.CCCCCCl. The van der Waals surface area contributed by atoms with Crippen LogP contribution in [0.15, 0.2) is 36.9 Å². The minimum Gasteiger partial charge on any atom is -0.127 e. The Balaban J connectivity index is 0.000000255. The molecule has 0 saturated heterocycles. The molecule has 0 bridgehead atoms. The summed E-state index contributed by atoms with van der Waals surface area (Å²) in [5.41, 5.74) is 1.17. The fourth-order valence-electron chi connectivity index (χ4n) is 0.934. The van der Waals surface area contributed by atoms with Crippen LogP contribution >= 0.6 is 11.6 Å². The molecule has 78 valence electrons. The molecule has 0 aliphatic rings. The number of hydrogen-bond donors (Lipinski definition) is 0. The van der Waals surface area contributed by atoms with Crippen molar-refractivity contribution in [3.63, 3.8) is 0 Å². The predicted molar refractivity (Wildman–Crippen MR) is 66.8 cm³/mol. The van der Waals surface area contributed by atoms with E-state index in [9.17, 15) is 0 Å². The van der Waals surface area contributed by atoms with Crippen LogP contribution in [0.25, 0.3) is 6.08 Å². The van der Waals surface area contributed by atoms with Crippen LogP contribution in [0, 0.1) is 0 Å². The molecule has 0 amide bonds. The van der Waals surface area contributed by atoms with Gasteiger partial charge in [0.2, 0.25) is 0 Å². The van der Waals surface area contributed by atoms with E-state index >= 15 is 0 Å². The van der Waals surface area contributed by atoms with Crippen LogP contribution in [0.1, 0.15) is 31.7 Å². The molecule has 0 aliphatic carbocycles. The molecule has 0 N–H and O–H groups in total. The summed E-state index contributed by atoms with van der Waals surface area (Å²) in [5.74, 6) is 0.827. The maximum Gasteiger partial charge on any atom is 0.0223 e. The van der Waals surface area contributed by atoms with Crippen molar-refractivity contribution in [2.24, 2.45) is 0 Å². The normalized spacial score (nSPS) is 8.71. The Kier molecular flexibility index (Phi) is 9.78. The first-order chi connectivity index (χ1) is 6.85. The van der Waals surface area contributed by atoms with Crippen LogP contribution in [0.4, 0.5) is 0 Å². The van der Waals surface area contributed by atoms with E-state index in [0.717, 1.165) is 5.88 Å². The zero-order chi connectivity index (χ0) is 10.6. The summed E-state index contributed by atoms with van der Waals surface area (Å²) in [6.45, 7) is 5.80. The molecule has 1 aromatic carbocycles. The largest absolute Gasteiger partial charge is 0.127 e. The van der Waals surface area contributed by atoms with Gasteiger partial charge in [0, 0.05) is 5.88 Å². The summed E-state index contributed by atoms with van der Waals surface area (Å²) in [7, 11) is 0. The highest BCUT2D eigenvalue weighted by Crippen LogP contribution is 1.97. The maximum absolute atomic E-state index is 5.38. The number of rotatable bonds is 4. The monoisotopic (exact) mass is 210 g/mol. The van der Waals surface area contributed by atoms with Crippen molar-refractivity contribution in [2.75, 3.05) is 5.88 Å². The summed E-state index contributed by atoms with van der Waals surface area (Å²) in [6, 6.07) is 10.0. The number of alkyl halides is 1. The van der Waals surface area contributed by atoms with Crippen molar-refractivity contribution < 1.29 is 0 Å². The highest BCUT2D eigenvalue weighted by Gasteiger charge is 1.77. The predicted octanol–water partition coefficient (Wildman–Crippen LogP) is 4.75. The molecule has 0 atom stereocenters. The molecule has 0 aromatic heterocycles. The van der Waals surface area contributed by atoms with Gasteiger partial charge in [0.15, 0.2) is 0 Å². The van der Waals surface area contributed by atoms with E-state index in [1.54, 1.807) is 0 Å². The van der Waals surface area contributed by atoms with E-state index in [0.29, 0.717) is 0 Å². The summed E-state index contributed by atoms with van der Waals surface area (Å²) >= 11 is 5.38. The fourth-order valence-corrected chi connectivity index (χ4v) is 1.12. The average molecular weight is 211 g/mol. The van der Waals surface area contributed by atoms with Crippen LogP contribution < -0.4 is 0 Å². The van der Waals surface area contributed by atoms with Crippen LogP contribution in [0.2, 0.25) is 0 Å². The number of unbranched alkanes of at least 4 members (excludes halogenated alkanes) is 2. The third-order valence-electron chi connectivity index (χ3n) is 1.77. The zero-order valence-electron chi connectivity index (χ0n) is 8.88. The van der Waals surface area contributed by atoms with Gasteiger partial charge < -0.3 is 0 Å². The van der Waals surface area contributed by atoms with Gasteiger partial charge in [-0.25, -0.2) is 0 Å². The molecule has 14 heavy (non-hydrogen) atoms. The van der Waals surface area contributed by atoms with E-state index < -0.39 is 0 Å². The first-order valence-electron chi connectivity index (χ1n) is 5.08. The van der Waals surface area contributed by atoms with Gasteiger partial charge in [0.25, 0.3) is 0 Å². The fraction of sp³-hybridized carbons (Fsp3) is 0.385. The molecule has 1 rings (SSSR count). The Morgan fingerprint density at radius 3 is 2.14 bits per heavy atom. The smallest absolute Gasteiger partial charge is 0.0223 e. The zero-order valence-corrected chi connectivity index (χ0v) is 9.63. The molecule has 0 aliphatic heterocycles. The number of hydrogen-bond acceptors (Lipinski definition) is 0. The van der Waals surface area contributed by atoms with Crippen LogP contribution in [-0.4, -0.2) is 5.88 Å². The first kappa shape index (κ1) is 13.2. The second-order valence-electron chi connectivity index (χ2n) is 3.01. The topological polar surface area (TPSA) is 0 Å². The molecule has 1 heteroatoms. The Hall–Kier alpha value is -0.750. The van der Waals surface area contributed by atoms with Crippen molar-refractivity contribution in [1.82, 2.24) is 0 Å². The standard InChI is InChI=1S/C8H8.C5H11Cl/c1-2-8-6-4-3-5-7-8;1-2-3-4-5-6/h2-7H,1H2;2-5H2,1H3. The molecule has 0 unspecified atom stereocenters. The summed E-state index contributed by atoms with van der Waals surface area (Å²) < 4.78 is 0. The van der Waals surface area contributed by atoms with Gasteiger partial charge in [0.05, 0.1) is 0 Å². The van der Waals surface area contributed by atoms with Gasteiger partial charge >= 0.3 is 0 Å². The van der Waals surface area contributed by atoms with Gasteiger partial charge in [-0.05, 0) is 12.0 Å². The van der Waals surface area contributed by atoms with E-state index in [1.807, 2.05) is 36.4 Å². The second-order valence-corrected chi connectivity index (χ2v) is 3.39. The highest BCUT2D eigenvalue weighted by atomic mass is 35.5. The molecule has 1 aromatic rings. The maximum atomic E-state index is 5.38. The lowest BCUT2D eigenvalue weighted by molar-refractivity contribution is 0.776. The highest BCUT2D eigenvalue weighted by molar-refractivity contribution is 6.17.